The van der Waals surface area contributed by atoms with Gasteiger partial charge in [-0.1, -0.05) is 11.6 Å². The van der Waals surface area contributed by atoms with Crippen molar-refractivity contribution in [3.05, 3.63) is 22.7 Å². The van der Waals surface area contributed by atoms with Crippen molar-refractivity contribution in [2.75, 3.05) is 19.0 Å². The molecule has 0 fully saturated rings. The molecule has 1 aromatic rings. The predicted molar refractivity (Wildman–Crippen MR) is 63.4 cm³/mol. The molecule has 0 bridgehead atoms. The lowest BCUT2D eigenvalue weighted by atomic mass is 10.2. The summed E-state index contributed by atoms with van der Waals surface area (Å²) in [4.78, 5) is 11.3. The lowest BCUT2D eigenvalue weighted by Crippen LogP contribution is -2.14. The summed E-state index contributed by atoms with van der Waals surface area (Å²) >= 11 is 5.89. The Balaban J connectivity index is 2.97. The van der Waals surface area contributed by atoms with Gasteiger partial charge in [0.05, 0.1) is 19.4 Å². The molecule has 0 aromatic heterocycles. The van der Waals surface area contributed by atoms with Crippen LogP contribution in [-0.2, 0) is 4.74 Å². The molecule has 1 aromatic carbocycles. The first kappa shape index (κ1) is 12.6. The fraction of sp³-hybridized carbons (Fsp3) is 0.364. The van der Waals surface area contributed by atoms with Crippen molar-refractivity contribution in [2.45, 2.75) is 13.8 Å². The molecule has 0 aliphatic heterocycles. The van der Waals surface area contributed by atoms with Gasteiger partial charge in [0.2, 0.25) is 0 Å². The topological polar surface area (TPSA) is 47.6 Å². The number of hydrogen-bond donors (Lipinski definition) is 1. The van der Waals surface area contributed by atoms with Crippen LogP contribution in [0, 0.1) is 6.92 Å². The highest BCUT2D eigenvalue weighted by molar-refractivity contribution is 6.31. The molecule has 0 radical (unpaired) electrons. The van der Waals surface area contributed by atoms with Gasteiger partial charge in [0.25, 0.3) is 0 Å². The summed E-state index contributed by atoms with van der Waals surface area (Å²) < 4.78 is 9.96. The van der Waals surface area contributed by atoms with Crippen LogP contribution in [0.25, 0.3) is 0 Å². The van der Waals surface area contributed by atoms with Gasteiger partial charge in [-0.3, -0.25) is 5.32 Å². The van der Waals surface area contributed by atoms with Gasteiger partial charge in [0.1, 0.15) is 5.75 Å². The lowest BCUT2D eigenvalue weighted by molar-refractivity contribution is 0.168. The van der Waals surface area contributed by atoms with E-state index in [9.17, 15) is 4.79 Å². The van der Waals surface area contributed by atoms with Gasteiger partial charge < -0.3 is 9.47 Å². The van der Waals surface area contributed by atoms with Crippen molar-refractivity contribution in [1.29, 1.82) is 0 Å². The molecule has 0 aliphatic rings. The van der Waals surface area contributed by atoms with Crippen molar-refractivity contribution in [2.24, 2.45) is 0 Å². The maximum absolute atomic E-state index is 11.3. The molecule has 5 heteroatoms. The van der Waals surface area contributed by atoms with Crippen LogP contribution in [0.3, 0.4) is 0 Å². The van der Waals surface area contributed by atoms with Crippen molar-refractivity contribution < 1.29 is 14.3 Å². The first-order chi connectivity index (χ1) is 7.58. The summed E-state index contributed by atoms with van der Waals surface area (Å²) in [6.45, 7) is 3.90. The summed E-state index contributed by atoms with van der Waals surface area (Å²) in [7, 11) is 1.53. The molecular weight excluding hydrogens is 230 g/mol. The van der Waals surface area contributed by atoms with E-state index in [1.807, 2.05) is 6.92 Å². The van der Waals surface area contributed by atoms with Gasteiger partial charge in [-0.15, -0.1) is 0 Å². The molecule has 16 heavy (non-hydrogen) atoms. The number of amides is 1. The third kappa shape index (κ3) is 3.03. The minimum Gasteiger partial charge on any atom is -0.494 e. The number of aryl methyl sites for hydroxylation is 1. The summed E-state index contributed by atoms with van der Waals surface area (Å²) in [6, 6.07) is 3.38. The number of nitrogens with one attached hydrogen (secondary N) is 1. The average Bonchev–Trinajstić information content (AvgIpc) is 2.17. The second-order valence-electron chi connectivity index (χ2n) is 3.15. The molecule has 0 saturated heterocycles. The zero-order valence-corrected chi connectivity index (χ0v) is 10.2. The third-order valence-electron chi connectivity index (χ3n) is 1.96. The Morgan fingerprint density at radius 1 is 1.50 bits per heavy atom. The van der Waals surface area contributed by atoms with Crippen molar-refractivity contribution in [1.82, 2.24) is 0 Å². The van der Waals surface area contributed by atoms with E-state index in [2.05, 4.69) is 5.32 Å². The number of carbonyl (C=O) groups excluding carboxylic acids is 1. The van der Waals surface area contributed by atoms with E-state index in [1.54, 1.807) is 19.1 Å². The second kappa shape index (κ2) is 5.61. The van der Waals surface area contributed by atoms with E-state index in [-0.39, 0.29) is 0 Å². The molecule has 0 atom stereocenters. The van der Waals surface area contributed by atoms with Gasteiger partial charge in [-0.2, -0.15) is 0 Å². The minimum absolute atomic E-state index is 0.313. The van der Waals surface area contributed by atoms with Gasteiger partial charge in [-0.25, -0.2) is 4.79 Å². The number of ether oxygens (including phenoxy) is 2. The highest BCUT2D eigenvalue weighted by atomic mass is 35.5. The van der Waals surface area contributed by atoms with E-state index in [0.29, 0.717) is 23.1 Å². The van der Waals surface area contributed by atoms with Crippen LogP contribution in [-0.4, -0.2) is 19.8 Å². The average molecular weight is 244 g/mol. The molecule has 1 rings (SSSR count). The van der Waals surface area contributed by atoms with Crippen molar-refractivity contribution in [3.8, 4) is 5.75 Å². The maximum atomic E-state index is 11.3. The fourth-order valence-corrected chi connectivity index (χ4v) is 1.64. The van der Waals surface area contributed by atoms with Gasteiger partial charge >= 0.3 is 6.09 Å². The number of benzene rings is 1. The molecular formula is C11H14ClNO3. The molecule has 0 aliphatic carbocycles. The van der Waals surface area contributed by atoms with Crippen LogP contribution in [0.1, 0.15) is 12.5 Å². The zero-order valence-electron chi connectivity index (χ0n) is 9.46. The number of anilines is 1. The Hall–Kier alpha value is -1.42. The number of methoxy groups -OCH3 is 1. The lowest BCUT2D eigenvalue weighted by Gasteiger charge is -2.12. The van der Waals surface area contributed by atoms with Gasteiger partial charge in [0, 0.05) is 5.02 Å². The Morgan fingerprint density at radius 2 is 2.19 bits per heavy atom. The van der Waals surface area contributed by atoms with E-state index in [0.717, 1.165) is 5.56 Å². The summed E-state index contributed by atoms with van der Waals surface area (Å²) in [5.41, 5.74) is 1.35. The van der Waals surface area contributed by atoms with Gasteiger partial charge in [-0.05, 0) is 31.5 Å². The maximum Gasteiger partial charge on any atom is 0.411 e. The molecule has 0 spiro atoms. The molecule has 0 unspecified atom stereocenters. The predicted octanol–water partition coefficient (Wildman–Crippen LogP) is 3.23. The van der Waals surface area contributed by atoms with E-state index >= 15 is 0 Å². The third-order valence-corrected chi connectivity index (χ3v) is 2.17. The highest BCUT2D eigenvalue weighted by Crippen LogP contribution is 2.31. The summed E-state index contributed by atoms with van der Waals surface area (Å²) in [5, 5.41) is 3.11. The number of halogens is 1. The Morgan fingerprint density at radius 3 is 2.75 bits per heavy atom. The Labute approximate surface area is 99.5 Å². The van der Waals surface area contributed by atoms with Crippen LogP contribution in [0.15, 0.2) is 12.1 Å². The number of carbonyl (C=O) groups is 1. The Kier molecular flexibility index (Phi) is 4.43. The molecule has 88 valence electrons. The highest BCUT2D eigenvalue weighted by Gasteiger charge is 2.11. The molecule has 0 heterocycles. The smallest absolute Gasteiger partial charge is 0.411 e. The first-order valence-corrected chi connectivity index (χ1v) is 5.24. The second-order valence-corrected chi connectivity index (χ2v) is 3.59. The quantitative estimate of drug-likeness (QED) is 0.887. The van der Waals surface area contributed by atoms with Gasteiger partial charge in [0.15, 0.2) is 0 Å². The van der Waals surface area contributed by atoms with E-state index in [4.69, 9.17) is 21.1 Å². The van der Waals surface area contributed by atoms with Crippen LogP contribution >= 0.6 is 11.6 Å². The Bertz CT molecular complexity index is 393. The van der Waals surface area contributed by atoms with Crippen LogP contribution in [0.2, 0.25) is 5.02 Å². The number of hydrogen-bond acceptors (Lipinski definition) is 3. The minimum atomic E-state index is -0.525. The number of rotatable bonds is 3. The van der Waals surface area contributed by atoms with Crippen LogP contribution < -0.4 is 10.1 Å². The molecule has 1 N–H and O–H groups in total. The SMILES string of the molecule is CCOC(=O)Nc1cc(Cl)cc(C)c1OC. The largest absolute Gasteiger partial charge is 0.494 e. The standard InChI is InChI=1S/C11H14ClNO3/c1-4-16-11(14)13-9-6-8(12)5-7(2)10(9)15-3/h5-6H,4H2,1-3H3,(H,13,14). The molecule has 1 amide bonds. The first-order valence-electron chi connectivity index (χ1n) is 4.86. The van der Waals surface area contributed by atoms with Crippen LogP contribution in [0.5, 0.6) is 5.75 Å². The monoisotopic (exact) mass is 243 g/mol. The molecule has 4 nitrogen and oxygen atoms in total. The van der Waals surface area contributed by atoms with E-state index < -0.39 is 6.09 Å². The fourth-order valence-electron chi connectivity index (χ4n) is 1.37. The van der Waals surface area contributed by atoms with Crippen molar-refractivity contribution >= 4 is 23.4 Å². The summed E-state index contributed by atoms with van der Waals surface area (Å²) in [5.74, 6) is 0.581. The van der Waals surface area contributed by atoms with Crippen molar-refractivity contribution in [3.63, 3.8) is 0 Å². The van der Waals surface area contributed by atoms with E-state index in [1.165, 1.54) is 7.11 Å². The zero-order chi connectivity index (χ0) is 12.1. The normalized spacial score (nSPS) is 9.75. The summed E-state index contributed by atoms with van der Waals surface area (Å²) in [6.07, 6.45) is -0.525. The molecule has 0 saturated carbocycles. The van der Waals surface area contributed by atoms with Crippen LogP contribution in [0.4, 0.5) is 10.5 Å².